The number of benzene rings is 1. The molecular formula is C15H22FNOS. The smallest absolute Gasteiger partial charge is 0.146 e. The lowest BCUT2D eigenvalue weighted by atomic mass is 9.81. The maximum absolute atomic E-state index is 13.9. The fraction of sp³-hybridized carbons (Fsp3) is 0.600. The third kappa shape index (κ3) is 3.42. The van der Waals surface area contributed by atoms with E-state index in [0.717, 1.165) is 44.9 Å². The SMILES string of the molecule is CCN(CC1(CS)CCOCC1)c1ccccc1F. The summed E-state index contributed by atoms with van der Waals surface area (Å²) >= 11 is 4.53. The molecule has 2 rings (SSSR count). The minimum Gasteiger partial charge on any atom is -0.381 e. The van der Waals surface area contributed by atoms with E-state index in [1.165, 1.54) is 6.07 Å². The first-order valence-corrected chi connectivity index (χ1v) is 7.52. The average molecular weight is 283 g/mol. The van der Waals surface area contributed by atoms with Gasteiger partial charge in [-0.1, -0.05) is 12.1 Å². The van der Waals surface area contributed by atoms with Crippen molar-refractivity contribution >= 4 is 18.3 Å². The summed E-state index contributed by atoms with van der Waals surface area (Å²) in [6, 6.07) is 6.99. The number of rotatable bonds is 5. The van der Waals surface area contributed by atoms with E-state index in [4.69, 9.17) is 4.74 Å². The van der Waals surface area contributed by atoms with Gasteiger partial charge in [0.1, 0.15) is 5.82 Å². The number of hydrogen-bond acceptors (Lipinski definition) is 3. The third-order valence-corrected chi connectivity index (χ3v) is 4.66. The molecule has 1 aliphatic heterocycles. The van der Waals surface area contributed by atoms with Gasteiger partial charge in [-0.15, -0.1) is 0 Å². The van der Waals surface area contributed by atoms with Gasteiger partial charge in [0.25, 0.3) is 0 Å². The third-order valence-electron chi connectivity index (χ3n) is 3.99. The van der Waals surface area contributed by atoms with Crippen LogP contribution >= 0.6 is 12.6 Å². The van der Waals surface area contributed by atoms with Gasteiger partial charge in [0, 0.05) is 31.7 Å². The number of ether oxygens (including phenoxy) is 1. The summed E-state index contributed by atoms with van der Waals surface area (Å²) in [7, 11) is 0. The first-order valence-electron chi connectivity index (χ1n) is 6.89. The van der Waals surface area contributed by atoms with E-state index in [2.05, 4.69) is 24.5 Å². The maximum atomic E-state index is 13.9. The summed E-state index contributed by atoms with van der Waals surface area (Å²) < 4.78 is 19.4. The Hall–Kier alpha value is -0.740. The van der Waals surface area contributed by atoms with Crippen molar-refractivity contribution in [1.82, 2.24) is 0 Å². The van der Waals surface area contributed by atoms with Gasteiger partial charge < -0.3 is 9.64 Å². The van der Waals surface area contributed by atoms with Crippen molar-refractivity contribution in [2.24, 2.45) is 5.41 Å². The second-order valence-corrected chi connectivity index (χ2v) is 5.55. The summed E-state index contributed by atoms with van der Waals surface area (Å²) in [5, 5.41) is 0. The van der Waals surface area contributed by atoms with Crippen LogP contribution in [-0.2, 0) is 4.74 Å². The molecule has 1 aliphatic rings. The molecule has 2 nitrogen and oxygen atoms in total. The van der Waals surface area contributed by atoms with E-state index >= 15 is 0 Å². The molecule has 0 N–H and O–H groups in total. The quantitative estimate of drug-likeness (QED) is 0.832. The molecule has 0 atom stereocenters. The summed E-state index contributed by atoms with van der Waals surface area (Å²) in [5.74, 6) is 0.673. The van der Waals surface area contributed by atoms with Crippen LogP contribution in [0.15, 0.2) is 24.3 Å². The topological polar surface area (TPSA) is 12.5 Å². The summed E-state index contributed by atoms with van der Waals surface area (Å²) in [4.78, 5) is 2.12. The number of anilines is 1. The second-order valence-electron chi connectivity index (χ2n) is 5.24. The number of nitrogens with zero attached hydrogens (tertiary/aromatic N) is 1. The lowest BCUT2D eigenvalue weighted by Crippen LogP contribution is -2.43. The Morgan fingerprint density at radius 2 is 2.00 bits per heavy atom. The number of para-hydroxylation sites is 1. The maximum Gasteiger partial charge on any atom is 0.146 e. The van der Waals surface area contributed by atoms with Crippen LogP contribution in [0.2, 0.25) is 0 Å². The molecule has 1 fully saturated rings. The van der Waals surface area contributed by atoms with E-state index in [1.54, 1.807) is 6.07 Å². The predicted molar refractivity (Wildman–Crippen MR) is 80.6 cm³/mol. The zero-order chi connectivity index (χ0) is 13.7. The average Bonchev–Trinajstić information content (AvgIpc) is 2.47. The zero-order valence-electron chi connectivity index (χ0n) is 11.4. The van der Waals surface area contributed by atoms with Crippen molar-refractivity contribution in [3.63, 3.8) is 0 Å². The minimum atomic E-state index is -0.147. The van der Waals surface area contributed by atoms with Gasteiger partial charge in [-0.05, 0) is 37.7 Å². The Bertz CT molecular complexity index is 407. The number of thiol groups is 1. The fourth-order valence-electron chi connectivity index (χ4n) is 2.65. The van der Waals surface area contributed by atoms with Crippen molar-refractivity contribution in [3.05, 3.63) is 30.1 Å². The van der Waals surface area contributed by atoms with Crippen LogP contribution in [0.1, 0.15) is 19.8 Å². The van der Waals surface area contributed by atoms with E-state index in [9.17, 15) is 4.39 Å². The van der Waals surface area contributed by atoms with E-state index in [1.807, 2.05) is 12.1 Å². The molecule has 0 unspecified atom stereocenters. The summed E-state index contributed by atoms with van der Waals surface area (Å²) in [6.07, 6.45) is 2.00. The Morgan fingerprint density at radius 1 is 1.32 bits per heavy atom. The predicted octanol–water partition coefficient (Wildman–Crippen LogP) is 3.38. The van der Waals surface area contributed by atoms with Gasteiger partial charge in [0.15, 0.2) is 0 Å². The molecule has 1 heterocycles. The van der Waals surface area contributed by atoms with E-state index < -0.39 is 0 Å². The normalized spacial score (nSPS) is 18.3. The van der Waals surface area contributed by atoms with Gasteiger partial charge in [-0.3, -0.25) is 0 Å². The highest BCUT2D eigenvalue weighted by atomic mass is 32.1. The molecule has 1 aromatic carbocycles. The van der Waals surface area contributed by atoms with Crippen molar-refractivity contribution in [2.75, 3.05) is 37.0 Å². The first kappa shape index (κ1) is 14.7. The molecule has 0 bridgehead atoms. The van der Waals surface area contributed by atoms with Crippen LogP contribution in [0.5, 0.6) is 0 Å². The molecule has 1 saturated heterocycles. The first-order chi connectivity index (χ1) is 9.21. The lowest BCUT2D eigenvalue weighted by Gasteiger charge is -2.40. The molecule has 0 aromatic heterocycles. The number of halogens is 1. The molecule has 1 aromatic rings. The van der Waals surface area contributed by atoms with Gasteiger partial charge in [0.2, 0.25) is 0 Å². The lowest BCUT2D eigenvalue weighted by molar-refractivity contribution is 0.0296. The van der Waals surface area contributed by atoms with Crippen molar-refractivity contribution in [3.8, 4) is 0 Å². The Kier molecular flexibility index (Phi) is 5.11. The van der Waals surface area contributed by atoms with Crippen LogP contribution < -0.4 is 4.90 Å². The highest BCUT2D eigenvalue weighted by Gasteiger charge is 2.33. The second kappa shape index (κ2) is 6.62. The van der Waals surface area contributed by atoms with Gasteiger partial charge >= 0.3 is 0 Å². The Balaban J connectivity index is 2.16. The van der Waals surface area contributed by atoms with Crippen molar-refractivity contribution in [1.29, 1.82) is 0 Å². The monoisotopic (exact) mass is 283 g/mol. The zero-order valence-corrected chi connectivity index (χ0v) is 12.3. The standard InChI is InChI=1S/C15H22FNOS/c1-2-17(14-6-4-3-5-13(14)16)11-15(12-19)7-9-18-10-8-15/h3-6,19H,2,7-12H2,1H3. The highest BCUT2D eigenvalue weighted by molar-refractivity contribution is 7.80. The van der Waals surface area contributed by atoms with Crippen LogP contribution in [0.25, 0.3) is 0 Å². The van der Waals surface area contributed by atoms with Crippen molar-refractivity contribution < 1.29 is 9.13 Å². The molecular weight excluding hydrogens is 261 g/mol. The molecule has 0 saturated carbocycles. The molecule has 0 amide bonds. The van der Waals surface area contributed by atoms with E-state index in [0.29, 0.717) is 5.69 Å². The minimum absolute atomic E-state index is 0.139. The van der Waals surface area contributed by atoms with Gasteiger partial charge in [0.05, 0.1) is 5.69 Å². The fourth-order valence-corrected chi connectivity index (χ4v) is 3.07. The van der Waals surface area contributed by atoms with Gasteiger partial charge in [-0.2, -0.15) is 12.6 Å². The number of hydrogen-bond donors (Lipinski definition) is 1. The van der Waals surface area contributed by atoms with E-state index in [-0.39, 0.29) is 11.2 Å². The van der Waals surface area contributed by atoms with Crippen LogP contribution in [0.3, 0.4) is 0 Å². The van der Waals surface area contributed by atoms with Crippen LogP contribution in [0, 0.1) is 11.2 Å². The van der Waals surface area contributed by atoms with Crippen LogP contribution in [-0.4, -0.2) is 32.1 Å². The molecule has 0 radical (unpaired) electrons. The highest BCUT2D eigenvalue weighted by Crippen LogP contribution is 2.34. The molecule has 4 heteroatoms. The Labute approximate surface area is 120 Å². The molecule has 106 valence electrons. The summed E-state index contributed by atoms with van der Waals surface area (Å²) in [5.41, 5.74) is 0.831. The van der Waals surface area contributed by atoms with Crippen molar-refractivity contribution in [2.45, 2.75) is 19.8 Å². The summed E-state index contributed by atoms with van der Waals surface area (Å²) in [6.45, 7) is 5.29. The largest absolute Gasteiger partial charge is 0.381 e. The molecule has 0 aliphatic carbocycles. The van der Waals surface area contributed by atoms with Gasteiger partial charge in [-0.25, -0.2) is 4.39 Å². The molecule has 19 heavy (non-hydrogen) atoms. The Morgan fingerprint density at radius 3 is 2.58 bits per heavy atom. The van der Waals surface area contributed by atoms with Crippen LogP contribution in [0.4, 0.5) is 10.1 Å². The molecule has 0 spiro atoms.